The lowest BCUT2D eigenvalue weighted by Crippen LogP contribution is -2.34. The fourth-order valence-electron chi connectivity index (χ4n) is 3.63. The van der Waals surface area contributed by atoms with Crippen LogP contribution in [0.3, 0.4) is 0 Å². The summed E-state index contributed by atoms with van der Waals surface area (Å²) in [6, 6.07) is 7.43. The Kier molecular flexibility index (Phi) is 6.95. The van der Waals surface area contributed by atoms with Crippen LogP contribution in [-0.4, -0.2) is 51.8 Å². The Hall–Kier alpha value is -2.66. The van der Waals surface area contributed by atoms with E-state index in [-0.39, 0.29) is 18.5 Å². The van der Waals surface area contributed by atoms with E-state index in [2.05, 4.69) is 26.1 Å². The molecule has 0 aromatic carbocycles. The summed E-state index contributed by atoms with van der Waals surface area (Å²) < 4.78 is 50.7. The van der Waals surface area contributed by atoms with Crippen molar-refractivity contribution in [1.82, 2.24) is 19.7 Å². The van der Waals surface area contributed by atoms with Gasteiger partial charge in [-0.05, 0) is 37.3 Å². The number of thiophene rings is 1. The van der Waals surface area contributed by atoms with Crippen molar-refractivity contribution in [2.24, 2.45) is 0 Å². The molecule has 0 radical (unpaired) electrons. The van der Waals surface area contributed by atoms with Crippen LogP contribution < -0.4 is 9.64 Å². The number of alkyl halides is 3. The molecule has 1 aliphatic rings. The highest BCUT2D eigenvalue weighted by molar-refractivity contribution is 7.09. The van der Waals surface area contributed by atoms with Gasteiger partial charge in [0.15, 0.2) is 6.61 Å². The zero-order chi connectivity index (χ0) is 22.6. The molecule has 0 amide bonds. The van der Waals surface area contributed by atoms with Crippen LogP contribution in [-0.2, 0) is 17.8 Å². The topological polar surface area (TPSA) is 65.3 Å². The molecule has 1 unspecified atom stereocenters. The van der Waals surface area contributed by atoms with Crippen molar-refractivity contribution in [2.75, 3.05) is 24.7 Å². The molecule has 4 rings (SSSR count). The summed E-state index contributed by atoms with van der Waals surface area (Å²) in [5, 5.41) is 10.7. The molecule has 0 saturated carbocycles. The molecule has 0 N–H and O–H groups in total. The van der Waals surface area contributed by atoms with Crippen LogP contribution in [0.2, 0.25) is 0 Å². The molecule has 32 heavy (non-hydrogen) atoms. The number of hydrogen-bond donors (Lipinski definition) is 0. The molecule has 3 aromatic heterocycles. The van der Waals surface area contributed by atoms with Crippen molar-refractivity contribution in [2.45, 2.75) is 45.1 Å². The minimum atomic E-state index is -4.44. The fraction of sp³-hybridized carbons (Fsp3) is 0.476. The van der Waals surface area contributed by atoms with Crippen LogP contribution in [0.1, 0.15) is 29.1 Å². The van der Waals surface area contributed by atoms with Crippen molar-refractivity contribution >= 4 is 17.3 Å². The third-order valence-electron chi connectivity index (χ3n) is 5.12. The first-order valence-electron chi connectivity index (χ1n) is 10.3. The number of nitrogens with zero attached hydrogens (tertiary/aromatic N) is 5. The summed E-state index contributed by atoms with van der Waals surface area (Å²) in [6.07, 6.45) is -0.921. The van der Waals surface area contributed by atoms with Gasteiger partial charge >= 0.3 is 6.18 Å². The Morgan fingerprint density at radius 1 is 1.28 bits per heavy atom. The van der Waals surface area contributed by atoms with Gasteiger partial charge in [-0.15, -0.1) is 21.5 Å². The minimum Gasteiger partial charge on any atom is -0.468 e. The minimum absolute atomic E-state index is 0.0483. The maximum absolute atomic E-state index is 12.7. The largest absolute Gasteiger partial charge is 0.468 e. The van der Waals surface area contributed by atoms with E-state index >= 15 is 0 Å². The van der Waals surface area contributed by atoms with E-state index in [1.807, 2.05) is 22.9 Å². The molecule has 11 heteroatoms. The SMILES string of the molecule is Cc1nnc(N(Cc2cccs2)CC2CCCO2)n1Cc1cccnc1OCC(F)(F)F. The fourth-order valence-corrected chi connectivity index (χ4v) is 4.34. The molecule has 172 valence electrons. The highest BCUT2D eigenvalue weighted by Gasteiger charge is 2.29. The van der Waals surface area contributed by atoms with Crippen LogP contribution in [0.5, 0.6) is 5.88 Å². The molecule has 1 atom stereocenters. The predicted octanol–water partition coefficient (Wildman–Crippen LogP) is 4.22. The monoisotopic (exact) mass is 467 g/mol. The van der Waals surface area contributed by atoms with Gasteiger partial charge in [-0.2, -0.15) is 13.2 Å². The molecular weight excluding hydrogens is 443 g/mol. The zero-order valence-corrected chi connectivity index (χ0v) is 18.4. The number of pyridine rings is 1. The summed E-state index contributed by atoms with van der Waals surface area (Å²) >= 11 is 1.66. The van der Waals surface area contributed by atoms with Gasteiger partial charge in [-0.3, -0.25) is 4.57 Å². The number of halogens is 3. The molecule has 3 aromatic rings. The second-order valence-corrected chi connectivity index (χ2v) is 8.63. The van der Waals surface area contributed by atoms with E-state index in [9.17, 15) is 13.2 Å². The van der Waals surface area contributed by atoms with Crippen molar-refractivity contribution in [3.05, 3.63) is 52.1 Å². The van der Waals surface area contributed by atoms with Crippen molar-refractivity contribution in [1.29, 1.82) is 0 Å². The van der Waals surface area contributed by atoms with Crippen molar-refractivity contribution < 1.29 is 22.6 Å². The molecule has 1 fully saturated rings. The summed E-state index contributed by atoms with van der Waals surface area (Å²) in [5.41, 5.74) is 0.522. The maximum atomic E-state index is 12.7. The Morgan fingerprint density at radius 3 is 2.88 bits per heavy atom. The van der Waals surface area contributed by atoms with Crippen LogP contribution in [0.25, 0.3) is 0 Å². The summed E-state index contributed by atoms with van der Waals surface area (Å²) in [7, 11) is 0. The lowest BCUT2D eigenvalue weighted by atomic mass is 10.2. The van der Waals surface area contributed by atoms with Crippen LogP contribution in [0, 0.1) is 6.92 Å². The number of anilines is 1. The third-order valence-corrected chi connectivity index (χ3v) is 5.99. The summed E-state index contributed by atoms with van der Waals surface area (Å²) in [6.45, 7) is 2.70. The lowest BCUT2D eigenvalue weighted by molar-refractivity contribution is -0.154. The van der Waals surface area contributed by atoms with Crippen LogP contribution in [0.15, 0.2) is 35.8 Å². The van der Waals surface area contributed by atoms with E-state index in [4.69, 9.17) is 9.47 Å². The predicted molar refractivity (Wildman–Crippen MR) is 114 cm³/mol. The maximum Gasteiger partial charge on any atom is 0.422 e. The van der Waals surface area contributed by atoms with E-state index in [1.54, 1.807) is 23.5 Å². The van der Waals surface area contributed by atoms with Gasteiger partial charge in [0.05, 0.1) is 19.2 Å². The smallest absolute Gasteiger partial charge is 0.422 e. The second kappa shape index (κ2) is 9.86. The second-order valence-electron chi connectivity index (χ2n) is 7.60. The normalized spacial score (nSPS) is 16.4. The number of aromatic nitrogens is 4. The number of aryl methyl sites for hydroxylation is 1. The van der Waals surface area contributed by atoms with Gasteiger partial charge in [0.1, 0.15) is 5.82 Å². The lowest BCUT2D eigenvalue weighted by Gasteiger charge is -2.26. The van der Waals surface area contributed by atoms with Crippen LogP contribution >= 0.6 is 11.3 Å². The molecule has 7 nitrogen and oxygen atoms in total. The average Bonchev–Trinajstić information content (AvgIpc) is 3.51. The number of hydrogen-bond acceptors (Lipinski definition) is 7. The van der Waals surface area contributed by atoms with Gasteiger partial charge in [-0.1, -0.05) is 12.1 Å². The first kappa shape index (κ1) is 22.5. The van der Waals surface area contributed by atoms with Crippen LogP contribution in [0.4, 0.5) is 19.1 Å². The first-order valence-corrected chi connectivity index (χ1v) is 11.2. The van der Waals surface area contributed by atoms with Gasteiger partial charge in [-0.25, -0.2) is 4.98 Å². The molecule has 1 saturated heterocycles. The van der Waals surface area contributed by atoms with Gasteiger partial charge in [0, 0.05) is 29.8 Å². The Bertz CT molecular complexity index is 1000. The molecule has 0 spiro atoms. The van der Waals surface area contributed by atoms with E-state index in [1.165, 1.54) is 11.1 Å². The Morgan fingerprint density at radius 2 is 2.16 bits per heavy atom. The van der Waals surface area contributed by atoms with E-state index in [0.29, 0.717) is 30.4 Å². The van der Waals surface area contributed by atoms with Crippen molar-refractivity contribution in [3.8, 4) is 5.88 Å². The average molecular weight is 468 g/mol. The van der Waals surface area contributed by atoms with Gasteiger partial charge in [0.2, 0.25) is 11.8 Å². The van der Waals surface area contributed by atoms with E-state index in [0.717, 1.165) is 19.4 Å². The highest BCUT2D eigenvalue weighted by Crippen LogP contribution is 2.26. The molecule has 0 aliphatic carbocycles. The van der Waals surface area contributed by atoms with Crippen molar-refractivity contribution in [3.63, 3.8) is 0 Å². The molecule has 1 aliphatic heterocycles. The Labute approximate surface area is 187 Å². The number of rotatable bonds is 9. The summed E-state index contributed by atoms with van der Waals surface area (Å²) in [5.74, 6) is 1.24. The summed E-state index contributed by atoms with van der Waals surface area (Å²) in [4.78, 5) is 7.29. The van der Waals surface area contributed by atoms with Gasteiger partial charge in [0.25, 0.3) is 0 Å². The quantitative estimate of drug-likeness (QED) is 0.470. The zero-order valence-electron chi connectivity index (χ0n) is 17.6. The molecule has 4 heterocycles. The van der Waals surface area contributed by atoms with Gasteiger partial charge < -0.3 is 14.4 Å². The highest BCUT2D eigenvalue weighted by atomic mass is 32.1. The Balaban J connectivity index is 1.60. The molecular formula is C21H24F3N5O2S. The van der Waals surface area contributed by atoms with E-state index < -0.39 is 12.8 Å². The standard InChI is InChI=1S/C21H24F3N5O2S/c1-15-26-27-20(28(12-17-6-3-9-30-17)13-18-7-4-10-32-18)29(15)11-16-5-2-8-25-19(16)31-14-21(22,23)24/h2,4-5,7-8,10,17H,3,6,9,11-14H2,1H3. The third kappa shape index (κ3) is 5.77. The number of ether oxygens (including phenoxy) is 2. The molecule has 0 bridgehead atoms. The first-order chi connectivity index (χ1) is 15.4.